The van der Waals surface area contributed by atoms with Gasteiger partial charge in [-0.1, -0.05) is 13.8 Å². The predicted octanol–water partition coefficient (Wildman–Crippen LogP) is 1.88. The summed E-state index contributed by atoms with van der Waals surface area (Å²) >= 11 is 0. The van der Waals surface area contributed by atoms with E-state index in [4.69, 9.17) is 4.42 Å². The summed E-state index contributed by atoms with van der Waals surface area (Å²) in [4.78, 5) is 14.2. The Hall–Kier alpha value is -1.38. The van der Waals surface area contributed by atoms with Crippen LogP contribution in [0.1, 0.15) is 49.4 Å². The number of sulfonamides is 1. The number of esters is 1. The van der Waals surface area contributed by atoms with Gasteiger partial charge in [0.15, 0.2) is 0 Å². The first kappa shape index (κ1) is 18.4. The van der Waals surface area contributed by atoms with Crippen LogP contribution in [-0.4, -0.2) is 62.4 Å². The van der Waals surface area contributed by atoms with Crippen molar-refractivity contribution in [1.82, 2.24) is 9.21 Å². The van der Waals surface area contributed by atoms with E-state index in [0.717, 1.165) is 32.4 Å². The number of ether oxygens (including phenoxy) is 1. The Morgan fingerprint density at radius 2 is 2.12 bits per heavy atom. The Morgan fingerprint density at radius 1 is 1.36 bits per heavy atom. The van der Waals surface area contributed by atoms with Crippen molar-refractivity contribution in [1.29, 1.82) is 0 Å². The summed E-state index contributed by atoms with van der Waals surface area (Å²) in [5, 5.41) is 0. The smallest absolute Gasteiger partial charge is 0.373 e. The Morgan fingerprint density at radius 3 is 2.76 bits per heavy atom. The van der Waals surface area contributed by atoms with Crippen LogP contribution in [0, 0.1) is 0 Å². The van der Waals surface area contributed by atoms with Gasteiger partial charge in [-0.05, 0) is 25.8 Å². The molecule has 0 N–H and O–H groups in total. The second kappa shape index (κ2) is 7.09. The zero-order valence-electron chi connectivity index (χ0n) is 15.0. The van der Waals surface area contributed by atoms with E-state index in [9.17, 15) is 13.2 Å². The highest BCUT2D eigenvalue weighted by Gasteiger charge is 2.42. The number of rotatable bonds is 5. The maximum Gasteiger partial charge on any atom is 0.373 e. The molecule has 0 bridgehead atoms. The van der Waals surface area contributed by atoms with E-state index in [1.54, 1.807) is 4.31 Å². The van der Waals surface area contributed by atoms with Crippen molar-refractivity contribution >= 4 is 16.0 Å². The van der Waals surface area contributed by atoms with E-state index >= 15 is 0 Å². The lowest BCUT2D eigenvalue weighted by Gasteiger charge is -2.42. The summed E-state index contributed by atoms with van der Waals surface area (Å²) in [6.45, 7) is 6.14. The van der Waals surface area contributed by atoms with Crippen LogP contribution in [0.2, 0.25) is 0 Å². The molecule has 25 heavy (non-hydrogen) atoms. The van der Waals surface area contributed by atoms with Gasteiger partial charge in [-0.3, -0.25) is 4.90 Å². The minimum absolute atomic E-state index is 0.0551. The van der Waals surface area contributed by atoms with E-state index in [1.165, 1.54) is 13.2 Å². The van der Waals surface area contributed by atoms with Gasteiger partial charge in [0, 0.05) is 37.7 Å². The minimum atomic E-state index is -3.72. The third-order valence-corrected chi connectivity index (χ3v) is 7.24. The molecule has 0 radical (unpaired) electrons. The summed E-state index contributed by atoms with van der Waals surface area (Å²) in [5.74, 6) is -0.418. The van der Waals surface area contributed by atoms with Crippen LogP contribution in [0.25, 0.3) is 0 Å². The molecule has 0 aromatic carbocycles. The van der Waals surface area contributed by atoms with Gasteiger partial charge in [-0.25, -0.2) is 13.2 Å². The van der Waals surface area contributed by atoms with Crippen LogP contribution >= 0.6 is 0 Å². The fourth-order valence-corrected chi connectivity index (χ4v) is 5.85. The molecule has 1 aromatic heterocycles. The highest BCUT2D eigenvalue weighted by molar-refractivity contribution is 7.89. The number of furan rings is 1. The molecule has 0 unspecified atom stereocenters. The molecule has 3 rings (SSSR count). The molecule has 0 saturated carbocycles. The summed E-state index contributed by atoms with van der Waals surface area (Å²) in [7, 11) is -2.47. The van der Waals surface area contributed by atoms with Crippen LogP contribution < -0.4 is 0 Å². The van der Waals surface area contributed by atoms with Crippen molar-refractivity contribution in [3.8, 4) is 0 Å². The molecule has 0 spiro atoms. The first-order chi connectivity index (χ1) is 11.9. The van der Waals surface area contributed by atoms with Crippen LogP contribution in [0.5, 0.6) is 0 Å². The second-order valence-corrected chi connectivity index (χ2v) is 8.53. The molecule has 1 aromatic rings. The highest BCUT2D eigenvalue weighted by atomic mass is 32.2. The number of fused-ring (bicyclic) bond motifs is 1. The van der Waals surface area contributed by atoms with Crippen molar-refractivity contribution < 1.29 is 22.4 Å². The van der Waals surface area contributed by atoms with Crippen LogP contribution in [0.4, 0.5) is 0 Å². The first-order valence-corrected chi connectivity index (χ1v) is 10.3. The van der Waals surface area contributed by atoms with Gasteiger partial charge < -0.3 is 9.15 Å². The fraction of sp³-hybridized carbons (Fsp3) is 0.706. The zero-order valence-corrected chi connectivity index (χ0v) is 15.8. The third kappa shape index (κ3) is 3.22. The van der Waals surface area contributed by atoms with E-state index in [1.807, 2.05) is 13.8 Å². The Balaban J connectivity index is 1.97. The molecule has 0 amide bonds. The number of nitrogens with zero attached hydrogens (tertiary/aromatic N) is 2. The normalized spacial score (nSPS) is 25.1. The number of carbonyl (C=O) groups excluding carboxylic acids is 1. The van der Waals surface area contributed by atoms with E-state index in [0.29, 0.717) is 18.7 Å². The van der Waals surface area contributed by atoms with Crippen LogP contribution in [-0.2, 0) is 21.2 Å². The van der Waals surface area contributed by atoms with Crippen LogP contribution in [0.15, 0.2) is 15.4 Å². The Labute approximate surface area is 149 Å². The number of hydrogen-bond acceptors (Lipinski definition) is 6. The SMILES string of the molecule is CCc1oc(C(=O)OC)cc1S(=O)(=O)N1C[C@@H]2CCCN2C[C@H]1CC. The van der Waals surface area contributed by atoms with Crippen LogP contribution in [0.3, 0.4) is 0 Å². The average molecular weight is 370 g/mol. The zero-order chi connectivity index (χ0) is 18.2. The molecule has 2 atom stereocenters. The van der Waals surface area contributed by atoms with Crippen molar-refractivity contribution in [2.24, 2.45) is 0 Å². The van der Waals surface area contributed by atoms with Crippen molar-refractivity contribution in [2.45, 2.75) is 56.5 Å². The number of carbonyl (C=O) groups is 1. The molecular weight excluding hydrogens is 344 g/mol. The molecule has 2 fully saturated rings. The molecule has 3 heterocycles. The molecule has 8 heteroatoms. The lowest BCUT2D eigenvalue weighted by molar-refractivity contribution is 0.0563. The second-order valence-electron chi connectivity index (χ2n) is 6.67. The molecule has 2 aliphatic heterocycles. The predicted molar refractivity (Wildman–Crippen MR) is 92.0 cm³/mol. The molecule has 2 aliphatic rings. The largest absolute Gasteiger partial charge is 0.463 e. The topological polar surface area (TPSA) is 80.1 Å². The van der Waals surface area contributed by atoms with Gasteiger partial charge in [0.1, 0.15) is 10.7 Å². The number of piperazine rings is 1. The fourth-order valence-electron chi connectivity index (χ4n) is 3.89. The number of methoxy groups -OCH3 is 1. The van der Waals surface area contributed by atoms with E-state index < -0.39 is 16.0 Å². The lowest BCUT2D eigenvalue weighted by atomic mass is 10.1. The maximum atomic E-state index is 13.3. The van der Waals surface area contributed by atoms with Gasteiger partial charge in [0.25, 0.3) is 0 Å². The summed E-state index contributed by atoms with van der Waals surface area (Å²) in [6.07, 6.45) is 3.30. The summed E-state index contributed by atoms with van der Waals surface area (Å²) in [5.41, 5.74) is 0. The molecule has 7 nitrogen and oxygen atoms in total. The molecule has 2 saturated heterocycles. The number of hydrogen-bond donors (Lipinski definition) is 0. The van der Waals surface area contributed by atoms with Gasteiger partial charge in [0.2, 0.25) is 15.8 Å². The monoisotopic (exact) mass is 370 g/mol. The minimum Gasteiger partial charge on any atom is -0.463 e. The maximum absolute atomic E-state index is 13.3. The van der Waals surface area contributed by atoms with Gasteiger partial charge in [0.05, 0.1) is 7.11 Å². The standard InChI is InChI=1S/C17H26N2O5S/c1-4-12-10-18-8-6-7-13(18)11-19(12)25(21,22)16-9-15(17(20)23-3)24-14(16)5-2/h9,12-13H,4-8,10-11H2,1-3H3/t12-,13+/m1/s1. The highest BCUT2D eigenvalue weighted by Crippen LogP contribution is 2.32. The quantitative estimate of drug-likeness (QED) is 0.736. The van der Waals surface area contributed by atoms with E-state index in [-0.39, 0.29) is 22.7 Å². The lowest BCUT2D eigenvalue weighted by Crippen LogP contribution is -2.57. The Bertz CT molecular complexity index is 742. The Kier molecular flexibility index (Phi) is 5.22. The van der Waals surface area contributed by atoms with Gasteiger partial charge in [-0.15, -0.1) is 0 Å². The summed E-state index contributed by atoms with van der Waals surface area (Å²) in [6, 6.07) is 1.54. The number of aryl methyl sites for hydroxylation is 1. The van der Waals surface area contributed by atoms with Crippen molar-refractivity contribution in [3.05, 3.63) is 17.6 Å². The third-order valence-electron chi connectivity index (χ3n) is 5.28. The molecule has 140 valence electrons. The molecule has 0 aliphatic carbocycles. The van der Waals surface area contributed by atoms with Gasteiger partial charge in [-0.2, -0.15) is 4.31 Å². The van der Waals surface area contributed by atoms with E-state index in [2.05, 4.69) is 9.64 Å². The van der Waals surface area contributed by atoms with Crippen molar-refractivity contribution in [3.63, 3.8) is 0 Å². The van der Waals surface area contributed by atoms with Gasteiger partial charge >= 0.3 is 5.97 Å². The van der Waals surface area contributed by atoms with Crippen molar-refractivity contribution in [2.75, 3.05) is 26.7 Å². The average Bonchev–Trinajstić information content (AvgIpc) is 3.25. The molecular formula is C17H26N2O5S. The summed E-state index contributed by atoms with van der Waals surface area (Å²) < 4.78 is 38.4. The first-order valence-electron chi connectivity index (χ1n) is 8.89.